The minimum absolute atomic E-state index is 0.0134. The minimum Gasteiger partial charge on any atom is -0.390 e. The lowest BCUT2D eigenvalue weighted by atomic mass is 9.44. The highest BCUT2D eigenvalue weighted by Gasteiger charge is 2.76. The summed E-state index contributed by atoms with van der Waals surface area (Å²) in [5, 5.41) is 33.3. The van der Waals surface area contributed by atoms with E-state index in [0.717, 1.165) is 11.1 Å². The van der Waals surface area contributed by atoms with Gasteiger partial charge in [0.25, 0.3) is 0 Å². The van der Waals surface area contributed by atoms with Crippen LogP contribution in [0.1, 0.15) is 57.9 Å². The van der Waals surface area contributed by atoms with Crippen LogP contribution in [-0.4, -0.2) is 63.6 Å². The van der Waals surface area contributed by atoms with Crippen LogP contribution in [0.5, 0.6) is 0 Å². The molecule has 8 atom stereocenters. The predicted molar refractivity (Wildman–Crippen MR) is 136 cm³/mol. The SMILES string of the molecule is C=C(CO[C@@H]1C[C@H]2[C@@H]3CCC4=CC(=O)CC[C@]4(C)[C@@]3(F)[C@@H](O)C[C@]2(C)[C@@]1(O)C(=O)CO)c1ccccc1. The summed E-state index contributed by atoms with van der Waals surface area (Å²) in [5.41, 5.74) is -4.01. The Hall–Kier alpha value is -2.19. The van der Waals surface area contributed by atoms with Crippen molar-refractivity contribution >= 4 is 17.1 Å². The number of hydrogen-bond acceptors (Lipinski definition) is 6. The molecule has 0 heterocycles. The number of halogens is 1. The van der Waals surface area contributed by atoms with Crippen molar-refractivity contribution in [3.05, 3.63) is 54.1 Å². The Morgan fingerprint density at radius 1 is 1.19 bits per heavy atom. The topological polar surface area (TPSA) is 104 Å². The second kappa shape index (κ2) is 8.94. The number of rotatable bonds is 6. The van der Waals surface area contributed by atoms with Gasteiger partial charge in [0.2, 0.25) is 0 Å². The van der Waals surface area contributed by atoms with E-state index < -0.39 is 58.5 Å². The van der Waals surface area contributed by atoms with Crippen molar-refractivity contribution in [2.45, 2.75) is 75.9 Å². The minimum atomic E-state index is -2.09. The molecule has 0 saturated heterocycles. The Kier molecular flexibility index (Phi) is 6.38. The maximum atomic E-state index is 17.4. The van der Waals surface area contributed by atoms with Crippen LogP contribution < -0.4 is 0 Å². The third kappa shape index (κ3) is 3.50. The fourth-order valence-electron chi connectivity index (χ4n) is 8.33. The number of aliphatic hydroxyl groups excluding tert-OH is 2. The Labute approximate surface area is 217 Å². The predicted octanol–water partition coefficient (Wildman–Crippen LogP) is 3.58. The van der Waals surface area contributed by atoms with E-state index in [4.69, 9.17) is 4.74 Å². The molecule has 3 fully saturated rings. The van der Waals surface area contributed by atoms with Crippen molar-refractivity contribution in [1.82, 2.24) is 0 Å². The molecule has 0 unspecified atom stereocenters. The van der Waals surface area contributed by atoms with Crippen LogP contribution in [0.25, 0.3) is 5.57 Å². The van der Waals surface area contributed by atoms with E-state index in [2.05, 4.69) is 6.58 Å². The van der Waals surface area contributed by atoms with Gasteiger partial charge in [0.15, 0.2) is 17.2 Å². The highest BCUT2D eigenvalue weighted by Crippen LogP contribution is 2.70. The van der Waals surface area contributed by atoms with Gasteiger partial charge in [-0.1, -0.05) is 56.3 Å². The van der Waals surface area contributed by atoms with E-state index in [1.807, 2.05) is 30.3 Å². The maximum absolute atomic E-state index is 17.4. The highest BCUT2D eigenvalue weighted by atomic mass is 19.1. The van der Waals surface area contributed by atoms with E-state index in [1.54, 1.807) is 19.9 Å². The van der Waals surface area contributed by atoms with E-state index in [1.165, 1.54) is 0 Å². The van der Waals surface area contributed by atoms with Crippen LogP contribution in [0.4, 0.5) is 4.39 Å². The lowest BCUT2D eigenvalue weighted by Crippen LogP contribution is -2.70. The fourth-order valence-corrected chi connectivity index (χ4v) is 8.33. The molecular formula is C30H37FO6. The van der Waals surface area contributed by atoms with Crippen molar-refractivity contribution in [1.29, 1.82) is 0 Å². The number of hydrogen-bond donors (Lipinski definition) is 3. The largest absolute Gasteiger partial charge is 0.390 e. The van der Waals surface area contributed by atoms with Gasteiger partial charge in [0.05, 0.1) is 18.8 Å². The van der Waals surface area contributed by atoms with Crippen molar-refractivity contribution in [3.8, 4) is 0 Å². The first kappa shape index (κ1) is 26.4. The number of allylic oxidation sites excluding steroid dienone is 1. The molecule has 37 heavy (non-hydrogen) atoms. The van der Waals surface area contributed by atoms with Crippen LogP contribution >= 0.6 is 0 Å². The van der Waals surface area contributed by atoms with Gasteiger partial charge in [-0.25, -0.2) is 4.39 Å². The third-order valence-corrected chi connectivity index (χ3v) is 10.4. The highest BCUT2D eigenvalue weighted by molar-refractivity contribution is 5.92. The zero-order chi connectivity index (χ0) is 26.8. The summed E-state index contributed by atoms with van der Waals surface area (Å²) in [6, 6.07) is 9.43. The van der Waals surface area contributed by atoms with Crippen LogP contribution in [-0.2, 0) is 14.3 Å². The number of aliphatic hydroxyl groups is 3. The van der Waals surface area contributed by atoms with Gasteiger partial charge in [0.1, 0.15) is 12.3 Å². The number of carbonyl (C=O) groups is 2. The Morgan fingerprint density at radius 2 is 1.89 bits per heavy atom. The fraction of sp³-hybridized carbons (Fsp3) is 0.600. The Morgan fingerprint density at radius 3 is 2.57 bits per heavy atom. The van der Waals surface area contributed by atoms with Crippen LogP contribution in [0.15, 0.2) is 48.6 Å². The normalized spacial score (nSPS) is 42.9. The van der Waals surface area contributed by atoms with Gasteiger partial charge in [-0.3, -0.25) is 9.59 Å². The first-order valence-electron chi connectivity index (χ1n) is 13.3. The monoisotopic (exact) mass is 512 g/mol. The average Bonchev–Trinajstić information content (AvgIpc) is 3.11. The summed E-state index contributed by atoms with van der Waals surface area (Å²) >= 11 is 0. The van der Waals surface area contributed by atoms with Crippen LogP contribution in [0.3, 0.4) is 0 Å². The van der Waals surface area contributed by atoms with E-state index >= 15 is 4.39 Å². The van der Waals surface area contributed by atoms with Gasteiger partial charge in [-0.15, -0.1) is 0 Å². The molecule has 3 saturated carbocycles. The number of carbonyl (C=O) groups excluding carboxylic acids is 2. The second-order valence-electron chi connectivity index (χ2n) is 12.0. The molecule has 4 aliphatic carbocycles. The van der Waals surface area contributed by atoms with Gasteiger partial charge in [0, 0.05) is 23.2 Å². The molecule has 0 radical (unpaired) electrons. The second-order valence-corrected chi connectivity index (χ2v) is 12.0. The standard InChI is InChI=1S/C30H37FO6/c1-18(19-7-5-4-6-8-19)17-37-26-14-23-22-10-9-20-13-21(33)11-12-27(20,2)29(22,31)24(34)15-28(23,3)30(26,36)25(35)16-32/h4-8,13,22-24,26,32,34,36H,1,9-12,14-17H2,2-3H3/t22-,23-,24-,26+,27-,28-,29-,30+/m0/s1. The summed E-state index contributed by atoms with van der Waals surface area (Å²) in [6.45, 7) is 6.78. The van der Waals surface area contributed by atoms with Crippen molar-refractivity contribution in [3.63, 3.8) is 0 Å². The number of alkyl halides is 1. The van der Waals surface area contributed by atoms with Gasteiger partial charge in [-0.05, 0) is 55.2 Å². The lowest BCUT2D eigenvalue weighted by molar-refractivity contribution is -0.231. The van der Waals surface area contributed by atoms with Crippen LogP contribution in [0.2, 0.25) is 0 Å². The molecule has 5 rings (SSSR count). The van der Waals surface area contributed by atoms with Crippen molar-refractivity contribution < 1.29 is 34.0 Å². The molecule has 7 heteroatoms. The Bertz CT molecular complexity index is 1150. The summed E-state index contributed by atoms with van der Waals surface area (Å²) in [5.74, 6) is -1.90. The zero-order valence-corrected chi connectivity index (χ0v) is 21.6. The molecule has 1 aromatic rings. The quantitative estimate of drug-likeness (QED) is 0.538. The van der Waals surface area contributed by atoms with E-state index in [-0.39, 0.29) is 31.7 Å². The third-order valence-electron chi connectivity index (χ3n) is 10.4. The number of fused-ring (bicyclic) bond motifs is 5. The molecule has 0 bridgehead atoms. The van der Waals surface area contributed by atoms with E-state index in [0.29, 0.717) is 24.8 Å². The average molecular weight is 513 g/mol. The summed E-state index contributed by atoms with van der Waals surface area (Å²) in [6.07, 6.45) is 0.668. The van der Waals surface area contributed by atoms with Gasteiger partial charge >= 0.3 is 0 Å². The number of ketones is 2. The lowest BCUT2D eigenvalue weighted by Gasteiger charge is -2.63. The Balaban J connectivity index is 1.51. The molecule has 4 aliphatic rings. The van der Waals surface area contributed by atoms with Crippen molar-refractivity contribution in [2.24, 2.45) is 22.7 Å². The first-order valence-corrected chi connectivity index (χ1v) is 13.3. The molecule has 0 amide bonds. The molecule has 3 N–H and O–H groups in total. The number of ether oxygens (including phenoxy) is 1. The summed E-state index contributed by atoms with van der Waals surface area (Å²) < 4.78 is 23.6. The van der Waals surface area contributed by atoms with Gasteiger partial charge < -0.3 is 20.1 Å². The molecule has 200 valence electrons. The smallest absolute Gasteiger partial charge is 0.192 e. The van der Waals surface area contributed by atoms with E-state index in [9.17, 15) is 24.9 Å². The summed E-state index contributed by atoms with van der Waals surface area (Å²) in [4.78, 5) is 25.3. The molecular weight excluding hydrogens is 475 g/mol. The molecule has 1 aromatic carbocycles. The van der Waals surface area contributed by atoms with Crippen molar-refractivity contribution in [2.75, 3.05) is 13.2 Å². The first-order chi connectivity index (χ1) is 17.4. The molecule has 6 nitrogen and oxygen atoms in total. The maximum Gasteiger partial charge on any atom is 0.192 e. The molecule has 0 aliphatic heterocycles. The van der Waals surface area contributed by atoms with Crippen LogP contribution in [0, 0.1) is 22.7 Å². The number of Topliss-reactive ketones (excluding diaryl/α,β-unsaturated/α-hetero) is 1. The van der Waals surface area contributed by atoms with Gasteiger partial charge in [-0.2, -0.15) is 0 Å². The molecule has 0 aromatic heterocycles. The zero-order valence-electron chi connectivity index (χ0n) is 21.6. The number of benzene rings is 1. The summed E-state index contributed by atoms with van der Waals surface area (Å²) in [7, 11) is 0. The molecule has 0 spiro atoms.